The number of nitrogens with zero attached hydrogens (tertiary/aromatic N) is 1. The highest BCUT2D eigenvalue weighted by atomic mass is 19.2. The van der Waals surface area contributed by atoms with E-state index >= 15 is 0 Å². The highest BCUT2D eigenvalue weighted by molar-refractivity contribution is 5.99. The van der Waals surface area contributed by atoms with Crippen molar-refractivity contribution in [2.24, 2.45) is 0 Å². The molecule has 0 spiro atoms. The van der Waals surface area contributed by atoms with Crippen molar-refractivity contribution in [1.82, 2.24) is 5.32 Å². The lowest BCUT2D eigenvalue weighted by Crippen LogP contribution is -2.39. The van der Waals surface area contributed by atoms with E-state index in [1.165, 1.54) is 0 Å². The van der Waals surface area contributed by atoms with Crippen LogP contribution >= 0.6 is 0 Å². The van der Waals surface area contributed by atoms with Gasteiger partial charge in [0.15, 0.2) is 23.3 Å². The van der Waals surface area contributed by atoms with Crippen LogP contribution in [0.5, 0.6) is 0 Å². The van der Waals surface area contributed by atoms with Crippen molar-refractivity contribution in [3.8, 4) is 0 Å². The van der Waals surface area contributed by atoms with E-state index in [0.717, 1.165) is 11.3 Å². The summed E-state index contributed by atoms with van der Waals surface area (Å²) >= 11 is 0. The molecule has 1 aromatic rings. The highest BCUT2D eigenvalue weighted by Gasteiger charge is 2.36. The normalized spacial score (nSPS) is 18.9. The van der Waals surface area contributed by atoms with Gasteiger partial charge in [0.1, 0.15) is 5.69 Å². The number of benzene rings is 1. The molecule has 3 nitrogen and oxygen atoms in total. The number of carbonyl (C=O) groups is 1. The predicted molar refractivity (Wildman–Crippen MR) is 65.3 cm³/mol. The molecule has 1 heterocycles. The molecular formula is C13H14F4N2O. The second-order valence-corrected chi connectivity index (χ2v) is 4.60. The zero-order chi connectivity index (χ0) is 14.9. The van der Waals surface area contributed by atoms with Gasteiger partial charge in [-0.1, -0.05) is 6.92 Å². The van der Waals surface area contributed by atoms with Crippen molar-refractivity contribution >= 4 is 11.6 Å². The summed E-state index contributed by atoms with van der Waals surface area (Å²) in [6, 6.07) is -0.457. The molecule has 1 saturated heterocycles. The summed E-state index contributed by atoms with van der Waals surface area (Å²) in [6.07, 6.45) is 1.12. The van der Waals surface area contributed by atoms with Crippen molar-refractivity contribution in [2.45, 2.75) is 25.8 Å². The molecule has 2 rings (SSSR count). The first-order valence-electron chi connectivity index (χ1n) is 6.35. The van der Waals surface area contributed by atoms with Gasteiger partial charge in [0, 0.05) is 12.6 Å². The number of hydrogen-bond donors (Lipinski definition) is 1. The molecule has 7 heteroatoms. The van der Waals surface area contributed by atoms with E-state index in [-0.39, 0.29) is 12.6 Å². The fourth-order valence-electron chi connectivity index (χ4n) is 2.21. The van der Waals surface area contributed by atoms with Crippen LogP contribution in [0, 0.1) is 23.3 Å². The Balaban J connectivity index is 2.32. The van der Waals surface area contributed by atoms with Crippen LogP contribution in [0.4, 0.5) is 23.2 Å². The molecule has 1 N–H and O–H groups in total. The van der Waals surface area contributed by atoms with Crippen molar-refractivity contribution in [3.63, 3.8) is 0 Å². The Morgan fingerprint density at radius 1 is 1.25 bits per heavy atom. The summed E-state index contributed by atoms with van der Waals surface area (Å²) in [6.45, 7) is 2.50. The summed E-state index contributed by atoms with van der Waals surface area (Å²) in [7, 11) is 0. The Hall–Kier alpha value is -1.63. The Labute approximate surface area is 113 Å². The molecule has 1 aromatic carbocycles. The van der Waals surface area contributed by atoms with Gasteiger partial charge < -0.3 is 10.2 Å². The maximum absolute atomic E-state index is 13.7. The number of halogens is 4. The summed E-state index contributed by atoms with van der Waals surface area (Å²) in [5, 5.41) is 2.93. The Kier molecular flexibility index (Phi) is 4.27. The molecule has 20 heavy (non-hydrogen) atoms. The number of anilines is 1. The van der Waals surface area contributed by atoms with Crippen LogP contribution in [0.1, 0.15) is 19.8 Å². The molecular weight excluding hydrogens is 276 g/mol. The van der Waals surface area contributed by atoms with Crippen LogP contribution in [0.3, 0.4) is 0 Å². The van der Waals surface area contributed by atoms with Gasteiger partial charge in [0.05, 0.1) is 6.04 Å². The molecule has 0 radical (unpaired) electrons. The van der Waals surface area contributed by atoms with Gasteiger partial charge in [-0.15, -0.1) is 0 Å². The van der Waals surface area contributed by atoms with Crippen LogP contribution < -0.4 is 10.2 Å². The van der Waals surface area contributed by atoms with Crippen LogP contribution in [-0.4, -0.2) is 25.0 Å². The number of carbonyl (C=O) groups excluding carboxylic acids is 1. The zero-order valence-electron chi connectivity index (χ0n) is 10.9. The van der Waals surface area contributed by atoms with E-state index in [1.54, 1.807) is 0 Å². The Morgan fingerprint density at radius 2 is 1.85 bits per heavy atom. The minimum Gasteiger partial charge on any atom is -0.306 e. The number of amides is 1. The molecule has 0 bridgehead atoms. The lowest BCUT2D eigenvalue weighted by molar-refractivity contribution is -0.118. The fraction of sp³-hybridized carbons (Fsp3) is 0.462. The molecule has 1 fully saturated rings. The SMILES string of the molecule is CCCNC1CCN(c2c(F)c(F)cc(F)c2F)C1=O. The Morgan fingerprint density at radius 3 is 2.40 bits per heavy atom. The average Bonchev–Trinajstić information content (AvgIpc) is 2.76. The first kappa shape index (κ1) is 14.8. The number of nitrogens with one attached hydrogen (secondary N) is 1. The maximum Gasteiger partial charge on any atom is 0.244 e. The molecule has 0 aliphatic carbocycles. The molecule has 0 aromatic heterocycles. The zero-order valence-corrected chi connectivity index (χ0v) is 10.9. The minimum absolute atomic E-state index is 0.0109. The fourth-order valence-corrected chi connectivity index (χ4v) is 2.21. The van der Waals surface area contributed by atoms with Crippen LogP contribution in [-0.2, 0) is 4.79 Å². The molecule has 1 amide bonds. The van der Waals surface area contributed by atoms with Gasteiger partial charge in [0.2, 0.25) is 5.91 Å². The first-order valence-corrected chi connectivity index (χ1v) is 6.35. The van der Waals surface area contributed by atoms with Crippen molar-refractivity contribution in [2.75, 3.05) is 18.0 Å². The molecule has 1 aliphatic rings. The third-order valence-corrected chi connectivity index (χ3v) is 3.20. The lowest BCUT2D eigenvalue weighted by Gasteiger charge is -2.19. The maximum atomic E-state index is 13.7. The molecule has 1 aliphatic heterocycles. The summed E-state index contributed by atoms with van der Waals surface area (Å²) in [5.74, 6) is -6.71. The van der Waals surface area contributed by atoms with E-state index in [0.29, 0.717) is 13.0 Å². The smallest absolute Gasteiger partial charge is 0.244 e. The van der Waals surface area contributed by atoms with E-state index in [4.69, 9.17) is 0 Å². The topological polar surface area (TPSA) is 32.3 Å². The van der Waals surface area contributed by atoms with E-state index in [2.05, 4.69) is 5.32 Å². The molecule has 110 valence electrons. The number of hydrogen-bond acceptors (Lipinski definition) is 2. The Bertz CT molecular complexity index is 509. The monoisotopic (exact) mass is 290 g/mol. The van der Waals surface area contributed by atoms with E-state index in [1.807, 2.05) is 6.92 Å². The molecule has 0 saturated carbocycles. The predicted octanol–water partition coefficient (Wildman–Crippen LogP) is 2.35. The van der Waals surface area contributed by atoms with E-state index < -0.39 is 40.9 Å². The second kappa shape index (κ2) is 5.78. The van der Waals surface area contributed by atoms with Crippen molar-refractivity contribution in [3.05, 3.63) is 29.3 Å². The van der Waals surface area contributed by atoms with Gasteiger partial charge in [-0.05, 0) is 19.4 Å². The van der Waals surface area contributed by atoms with Crippen LogP contribution in [0.25, 0.3) is 0 Å². The molecule has 1 unspecified atom stereocenters. The minimum atomic E-state index is -1.55. The second-order valence-electron chi connectivity index (χ2n) is 4.60. The van der Waals surface area contributed by atoms with E-state index in [9.17, 15) is 22.4 Å². The quantitative estimate of drug-likeness (QED) is 0.682. The standard InChI is InChI=1S/C13H14F4N2O/c1-2-4-18-9-3-5-19(13(9)20)12-10(16)7(14)6-8(15)11(12)17/h6,9,18H,2-5H2,1H3. The number of rotatable bonds is 4. The van der Waals surface area contributed by atoms with Crippen LogP contribution in [0.15, 0.2) is 6.07 Å². The van der Waals surface area contributed by atoms with Crippen LogP contribution in [0.2, 0.25) is 0 Å². The third-order valence-electron chi connectivity index (χ3n) is 3.20. The van der Waals surface area contributed by atoms with Gasteiger partial charge in [-0.3, -0.25) is 4.79 Å². The van der Waals surface area contributed by atoms with Gasteiger partial charge in [0.25, 0.3) is 0 Å². The lowest BCUT2D eigenvalue weighted by atomic mass is 10.2. The highest BCUT2D eigenvalue weighted by Crippen LogP contribution is 2.30. The average molecular weight is 290 g/mol. The summed E-state index contributed by atoms with van der Waals surface area (Å²) < 4.78 is 53.6. The van der Waals surface area contributed by atoms with Gasteiger partial charge >= 0.3 is 0 Å². The van der Waals surface area contributed by atoms with Gasteiger partial charge in [-0.25, -0.2) is 17.6 Å². The molecule has 1 atom stereocenters. The largest absolute Gasteiger partial charge is 0.306 e. The van der Waals surface area contributed by atoms with Crippen molar-refractivity contribution < 1.29 is 22.4 Å². The first-order chi connectivity index (χ1) is 9.47. The summed E-state index contributed by atoms with van der Waals surface area (Å²) in [5.41, 5.74) is -0.951. The summed E-state index contributed by atoms with van der Waals surface area (Å²) in [4.78, 5) is 12.8. The van der Waals surface area contributed by atoms with Crippen molar-refractivity contribution in [1.29, 1.82) is 0 Å². The van der Waals surface area contributed by atoms with Gasteiger partial charge in [-0.2, -0.15) is 0 Å². The third kappa shape index (κ3) is 2.49.